The normalized spacial score (nSPS) is 19.5. The number of thiophene rings is 1. The maximum atomic E-state index is 13.0. The van der Waals surface area contributed by atoms with Gasteiger partial charge in [-0.25, -0.2) is 4.79 Å². The molecule has 3 heterocycles. The van der Waals surface area contributed by atoms with Crippen LogP contribution in [0.25, 0.3) is 0 Å². The Kier molecular flexibility index (Phi) is 8.14. The van der Waals surface area contributed by atoms with Crippen LogP contribution in [-0.2, 0) is 6.54 Å². The molecule has 1 saturated heterocycles. The van der Waals surface area contributed by atoms with Crippen LogP contribution in [0.3, 0.4) is 0 Å². The molecule has 192 valence electrons. The first-order chi connectivity index (χ1) is 16.3. The first kappa shape index (κ1) is 27.0. The van der Waals surface area contributed by atoms with Crippen LogP contribution in [-0.4, -0.2) is 39.6 Å². The van der Waals surface area contributed by atoms with Gasteiger partial charge in [0.25, 0.3) is 11.5 Å². The fourth-order valence-corrected chi connectivity index (χ4v) is 6.88. The van der Waals surface area contributed by atoms with Crippen molar-refractivity contribution in [2.45, 2.75) is 86.2 Å². The molecule has 7 nitrogen and oxygen atoms in total. The minimum Gasteiger partial charge on any atom is -0.465 e. The van der Waals surface area contributed by atoms with E-state index in [1.165, 1.54) is 4.88 Å². The lowest BCUT2D eigenvalue weighted by molar-refractivity contribution is 0.0349. The number of hydrogen-bond donors (Lipinski definition) is 3. The van der Waals surface area contributed by atoms with Crippen LogP contribution in [0.1, 0.15) is 90.5 Å². The average molecular weight is 502 g/mol. The third-order valence-corrected chi connectivity index (χ3v) is 8.69. The molecule has 2 aromatic rings. The number of aromatic amines is 1. The molecule has 0 aliphatic carbocycles. The lowest BCUT2D eigenvalue weighted by Crippen LogP contribution is -2.52. The maximum absolute atomic E-state index is 13.0. The van der Waals surface area contributed by atoms with E-state index in [0.717, 1.165) is 36.1 Å². The maximum Gasteiger partial charge on any atom is 0.407 e. The van der Waals surface area contributed by atoms with Crippen LogP contribution >= 0.6 is 11.3 Å². The molecule has 0 spiro atoms. The van der Waals surface area contributed by atoms with Gasteiger partial charge in [0, 0.05) is 40.6 Å². The van der Waals surface area contributed by atoms with Crippen molar-refractivity contribution in [3.63, 3.8) is 0 Å². The quantitative estimate of drug-likeness (QED) is 0.480. The van der Waals surface area contributed by atoms with Gasteiger partial charge >= 0.3 is 6.09 Å². The van der Waals surface area contributed by atoms with Gasteiger partial charge in [-0.05, 0) is 74.5 Å². The number of H-pyrrole nitrogens is 1. The molecule has 0 saturated carbocycles. The van der Waals surface area contributed by atoms with Gasteiger partial charge < -0.3 is 20.3 Å². The molecule has 1 fully saturated rings. The fourth-order valence-electron chi connectivity index (χ4n) is 5.53. The van der Waals surface area contributed by atoms with E-state index in [-0.39, 0.29) is 35.4 Å². The van der Waals surface area contributed by atoms with Gasteiger partial charge in [0.05, 0.1) is 5.56 Å². The third-order valence-electron chi connectivity index (χ3n) is 7.48. The van der Waals surface area contributed by atoms with Gasteiger partial charge in [0.2, 0.25) is 0 Å². The lowest BCUT2D eigenvalue weighted by Gasteiger charge is -2.46. The Labute approximate surface area is 212 Å². The van der Waals surface area contributed by atoms with Crippen LogP contribution in [0.2, 0.25) is 0 Å². The van der Waals surface area contributed by atoms with Crippen LogP contribution < -0.4 is 10.9 Å². The van der Waals surface area contributed by atoms with Crippen LogP contribution in [0.4, 0.5) is 4.79 Å². The molecule has 2 amide bonds. The number of rotatable bonds is 6. The number of carbonyl (C=O) groups is 2. The second-order valence-corrected chi connectivity index (χ2v) is 11.8. The molecule has 1 aliphatic rings. The Morgan fingerprint density at radius 1 is 1.29 bits per heavy atom. The van der Waals surface area contributed by atoms with Gasteiger partial charge in [-0.15, -0.1) is 11.3 Å². The molecule has 35 heavy (non-hydrogen) atoms. The summed E-state index contributed by atoms with van der Waals surface area (Å²) in [5.74, 6) is 0.471. The van der Waals surface area contributed by atoms with Crippen molar-refractivity contribution in [1.29, 1.82) is 0 Å². The van der Waals surface area contributed by atoms with Crippen molar-refractivity contribution < 1.29 is 14.7 Å². The van der Waals surface area contributed by atoms with E-state index in [4.69, 9.17) is 0 Å². The standard InChI is InChI=1S/C27H39N3O4S/c1-8-19(18-9-10-30(26(33)34)22(12-18)27(5,6)7)23-17(4)21(14-35-23)24(31)28-13-20-15(2)11-16(3)29-25(20)32/h11,14,18-19,22H,8-10,12-13H2,1-7H3,(H,28,31)(H,29,32)(H,33,34). The summed E-state index contributed by atoms with van der Waals surface area (Å²) in [5.41, 5.74) is 3.56. The zero-order chi connectivity index (χ0) is 26.1. The van der Waals surface area contributed by atoms with Gasteiger partial charge in [-0.2, -0.15) is 0 Å². The monoisotopic (exact) mass is 501 g/mol. The predicted molar refractivity (Wildman–Crippen MR) is 140 cm³/mol. The van der Waals surface area contributed by atoms with Crippen LogP contribution in [0.15, 0.2) is 16.2 Å². The van der Waals surface area contributed by atoms with Crippen molar-refractivity contribution >= 4 is 23.3 Å². The number of carboxylic acid groups (broad SMARTS) is 1. The molecule has 3 unspecified atom stereocenters. The SMILES string of the molecule is CCC(c1scc(C(=O)NCc2c(C)cc(C)[nH]c2=O)c1C)C1CCN(C(=O)O)C(C(C)(C)C)C1. The first-order valence-corrected chi connectivity index (χ1v) is 13.3. The Balaban J connectivity index is 1.78. The zero-order valence-electron chi connectivity index (χ0n) is 21.9. The Bertz CT molecular complexity index is 1140. The summed E-state index contributed by atoms with van der Waals surface area (Å²) in [6.45, 7) is 14.9. The molecular formula is C27H39N3O4S. The van der Waals surface area contributed by atoms with E-state index in [1.54, 1.807) is 16.2 Å². The lowest BCUT2D eigenvalue weighted by atomic mass is 9.72. The number of nitrogens with one attached hydrogen (secondary N) is 2. The summed E-state index contributed by atoms with van der Waals surface area (Å²) in [6.07, 6.45) is 1.74. The van der Waals surface area contributed by atoms with Gasteiger partial charge in [-0.3, -0.25) is 9.59 Å². The predicted octanol–water partition coefficient (Wildman–Crippen LogP) is 5.59. The number of pyridine rings is 1. The minimum absolute atomic E-state index is 0.0355. The largest absolute Gasteiger partial charge is 0.465 e. The van der Waals surface area contributed by atoms with E-state index >= 15 is 0 Å². The minimum atomic E-state index is -0.842. The van der Waals surface area contributed by atoms with Crippen molar-refractivity contribution in [2.24, 2.45) is 11.3 Å². The molecule has 0 aromatic carbocycles. The molecule has 3 rings (SSSR count). The zero-order valence-corrected chi connectivity index (χ0v) is 22.8. The van der Waals surface area contributed by atoms with E-state index < -0.39 is 6.09 Å². The second kappa shape index (κ2) is 10.6. The number of carbonyl (C=O) groups excluding carboxylic acids is 1. The van der Waals surface area contributed by atoms with Crippen molar-refractivity contribution in [1.82, 2.24) is 15.2 Å². The summed E-state index contributed by atoms with van der Waals surface area (Å²) in [5, 5.41) is 14.6. The van der Waals surface area contributed by atoms with Crippen LogP contribution in [0, 0.1) is 32.1 Å². The molecule has 0 radical (unpaired) electrons. The van der Waals surface area contributed by atoms with Crippen LogP contribution in [0.5, 0.6) is 0 Å². The Hall–Kier alpha value is -2.61. The smallest absolute Gasteiger partial charge is 0.407 e. The molecule has 3 N–H and O–H groups in total. The molecule has 1 aliphatic heterocycles. The van der Waals surface area contributed by atoms with Crippen molar-refractivity contribution in [2.75, 3.05) is 6.54 Å². The highest BCUT2D eigenvalue weighted by molar-refractivity contribution is 7.10. The molecule has 0 bridgehead atoms. The highest BCUT2D eigenvalue weighted by atomic mass is 32.1. The number of amides is 2. The highest BCUT2D eigenvalue weighted by Crippen LogP contribution is 2.44. The number of nitrogens with zero attached hydrogens (tertiary/aromatic N) is 1. The third kappa shape index (κ3) is 5.80. The topological polar surface area (TPSA) is 103 Å². The molecule has 3 atom stereocenters. The summed E-state index contributed by atoms with van der Waals surface area (Å²) in [6, 6.07) is 1.87. The van der Waals surface area contributed by atoms with Gasteiger partial charge in [0.15, 0.2) is 0 Å². The summed E-state index contributed by atoms with van der Waals surface area (Å²) < 4.78 is 0. The Morgan fingerprint density at radius 2 is 1.97 bits per heavy atom. The van der Waals surface area contributed by atoms with Gasteiger partial charge in [0.1, 0.15) is 0 Å². The van der Waals surface area contributed by atoms with Gasteiger partial charge in [-0.1, -0.05) is 27.7 Å². The molecule has 8 heteroatoms. The number of aromatic nitrogens is 1. The number of hydrogen-bond acceptors (Lipinski definition) is 4. The van der Waals surface area contributed by atoms with Crippen molar-refractivity contribution in [3.05, 3.63) is 54.6 Å². The summed E-state index contributed by atoms with van der Waals surface area (Å²) in [7, 11) is 0. The van der Waals surface area contributed by atoms with E-state index in [0.29, 0.717) is 23.6 Å². The first-order valence-electron chi connectivity index (χ1n) is 12.4. The second-order valence-electron chi connectivity index (χ2n) is 10.9. The molecular weight excluding hydrogens is 462 g/mol. The number of likely N-dealkylation sites (tertiary alicyclic amines) is 1. The number of aryl methyl sites for hydroxylation is 2. The van der Waals surface area contributed by atoms with E-state index in [1.807, 2.05) is 32.2 Å². The summed E-state index contributed by atoms with van der Waals surface area (Å²) in [4.78, 5) is 42.8. The number of piperidine rings is 1. The average Bonchev–Trinajstić information content (AvgIpc) is 3.13. The van der Waals surface area contributed by atoms with Crippen molar-refractivity contribution in [3.8, 4) is 0 Å². The molecule has 2 aromatic heterocycles. The highest BCUT2D eigenvalue weighted by Gasteiger charge is 2.41. The Morgan fingerprint density at radius 3 is 2.54 bits per heavy atom. The van der Waals surface area contributed by atoms with E-state index in [9.17, 15) is 19.5 Å². The summed E-state index contributed by atoms with van der Waals surface area (Å²) >= 11 is 1.62. The van der Waals surface area contributed by atoms with E-state index in [2.05, 4.69) is 38.0 Å². The fraction of sp³-hybridized carbons (Fsp3) is 0.593.